The lowest BCUT2D eigenvalue weighted by molar-refractivity contribution is 0.0733. The predicted octanol–water partition coefficient (Wildman–Crippen LogP) is 2.02. The molecule has 0 unspecified atom stereocenters. The maximum atomic E-state index is 13.3. The first kappa shape index (κ1) is 21.9. The zero-order chi connectivity index (χ0) is 22.8. The third-order valence-corrected chi connectivity index (χ3v) is 6.53. The summed E-state index contributed by atoms with van der Waals surface area (Å²) in [4.78, 5) is 27.6. The number of imidazole rings is 1. The van der Waals surface area contributed by atoms with Crippen molar-refractivity contribution in [2.45, 2.75) is 20.0 Å². The molecule has 0 spiro atoms. The number of aromatic nitrogens is 2. The maximum Gasteiger partial charge on any atom is 0.254 e. The number of hydrogen-bond donors (Lipinski definition) is 2. The number of amides is 1. The Bertz CT molecular complexity index is 1140. The summed E-state index contributed by atoms with van der Waals surface area (Å²) in [5.41, 5.74) is 4.69. The van der Waals surface area contributed by atoms with E-state index in [-0.39, 0.29) is 12.5 Å². The number of fused-ring (bicyclic) bond motifs is 2. The van der Waals surface area contributed by atoms with Crippen LogP contribution in [0.2, 0.25) is 0 Å². The molecule has 2 aliphatic rings. The molecule has 8 heteroatoms. The number of aryl methyl sites for hydroxylation is 1. The van der Waals surface area contributed by atoms with Gasteiger partial charge in [-0.2, -0.15) is 0 Å². The zero-order valence-corrected chi connectivity index (χ0v) is 19.1. The van der Waals surface area contributed by atoms with Crippen LogP contribution >= 0.6 is 0 Å². The number of hydrogen-bond acceptors (Lipinski definition) is 6. The van der Waals surface area contributed by atoms with Gasteiger partial charge in [0.25, 0.3) is 5.91 Å². The quantitative estimate of drug-likeness (QED) is 0.620. The van der Waals surface area contributed by atoms with Crippen LogP contribution in [0, 0.1) is 6.92 Å². The molecule has 2 aromatic carbocycles. The second-order valence-electron chi connectivity index (χ2n) is 8.91. The molecule has 0 atom stereocenters. The summed E-state index contributed by atoms with van der Waals surface area (Å²) in [5.74, 6) is 1.71. The number of carbonyl (C=O) groups is 1. The summed E-state index contributed by atoms with van der Waals surface area (Å²) in [6, 6.07) is 12.0. The van der Waals surface area contributed by atoms with Crippen molar-refractivity contribution >= 4 is 16.9 Å². The second kappa shape index (κ2) is 9.51. The number of piperazine rings is 1. The highest BCUT2D eigenvalue weighted by atomic mass is 16.5. The number of H-pyrrole nitrogens is 1. The lowest BCUT2D eigenvalue weighted by Crippen LogP contribution is -2.46. The Kier molecular flexibility index (Phi) is 6.30. The van der Waals surface area contributed by atoms with E-state index in [1.165, 1.54) is 5.56 Å². The van der Waals surface area contributed by atoms with Gasteiger partial charge < -0.3 is 19.7 Å². The molecule has 1 aromatic heterocycles. The SMILES string of the molecule is Cc1nc2ccc(C(=O)N3CCOc4ccc(CN5CCN(CCO)CC5)cc4C3)cc2[nH]1. The minimum absolute atomic E-state index is 0.00557. The van der Waals surface area contributed by atoms with Crippen molar-refractivity contribution in [1.29, 1.82) is 0 Å². The molecular formula is C25H31N5O3. The van der Waals surface area contributed by atoms with E-state index in [9.17, 15) is 4.79 Å². The number of benzene rings is 2. The molecule has 1 saturated heterocycles. The van der Waals surface area contributed by atoms with Gasteiger partial charge in [-0.1, -0.05) is 6.07 Å². The largest absolute Gasteiger partial charge is 0.491 e. The Hall–Kier alpha value is -2.94. The Morgan fingerprint density at radius 3 is 2.73 bits per heavy atom. The lowest BCUT2D eigenvalue weighted by atomic mass is 10.1. The van der Waals surface area contributed by atoms with Gasteiger partial charge >= 0.3 is 0 Å². The summed E-state index contributed by atoms with van der Waals surface area (Å²) >= 11 is 0. The van der Waals surface area contributed by atoms with E-state index in [0.717, 1.165) is 67.4 Å². The Morgan fingerprint density at radius 1 is 1.09 bits per heavy atom. The number of aliphatic hydroxyl groups is 1. The number of carbonyl (C=O) groups excluding carboxylic acids is 1. The van der Waals surface area contributed by atoms with Gasteiger partial charge in [0.15, 0.2) is 0 Å². The number of aromatic amines is 1. The molecule has 1 amide bonds. The van der Waals surface area contributed by atoms with Crippen molar-refractivity contribution in [2.24, 2.45) is 0 Å². The van der Waals surface area contributed by atoms with Gasteiger partial charge in [0.1, 0.15) is 18.2 Å². The highest BCUT2D eigenvalue weighted by Crippen LogP contribution is 2.26. The van der Waals surface area contributed by atoms with Gasteiger partial charge in [0.2, 0.25) is 0 Å². The fourth-order valence-electron chi connectivity index (χ4n) is 4.74. The summed E-state index contributed by atoms with van der Waals surface area (Å²) in [6.07, 6.45) is 0. The van der Waals surface area contributed by atoms with Gasteiger partial charge in [-0.05, 0) is 42.8 Å². The number of nitrogens with zero attached hydrogens (tertiary/aromatic N) is 4. The Morgan fingerprint density at radius 2 is 1.91 bits per heavy atom. The summed E-state index contributed by atoms with van der Waals surface area (Å²) in [5, 5.41) is 9.14. The third-order valence-electron chi connectivity index (χ3n) is 6.53. The summed E-state index contributed by atoms with van der Waals surface area (Å²) in [6.45, 7) is 9.28. The molecule has 0 aliphatic carbocycles. The van der Waals surface area contributed by atoms with Crippen molar-refractivity contribution in [3.8, 4) is 5.75 Å². The van der Waals surface area contributed by atoms with Gasteiger partial charge in [0.05, 0.1) is 24.2 Å². The molecule has 0 bridgehead atoms. The Labute approximate surface area is 193 Å². The molecule has 174 valence electrons. The molecular weight excluding hydrogens is 418 g/mol. The van der Waals surface area contributed by atoms with Crippen molar-refractivity contribution in [3.63, 3.8) is 0 Å². The first-order chi connectivity index (χ1) is 16.1. The summed E-state index contributed by atoms with van der Waals surface area (Å²) in [7, 11) is 0. The first-order valence-corrected chi connectivity index (χ1v) is 11.6. The maximum absolute atomic E-state index is 13.3. The Balaban J connectivity index is 1.29. The molecule has 1 fully saturated rings. The van der Waals surface area contributed by atoms with E-state index < -0.39 is 0 Å². The van der Waals surface area contributed by atoms with Crippen LogP contribution in [-0.4, -0.2) is 88.2 Å². The van der Waals surface area contributed by atoms with Gasteiger partial charge in [-0.25, -0.2) is 4.98 Å². The number of rotatable bonds is 5. The number of ether oxygens (including phenoxy) is 1. The molecule has 2 aliphatic heterocycles. The van der Waals surface area contributed by atoms with E-state index in [2.05, 4.69) is 31.9 Å². The van der Waals surface area contributed by atoms with Crippen molar-refractivity contribution in [2.75, 3.05) is 52.5 Å². The average Bonchev–Trinajstić information content (AvgIpc) is 3.06. The standard InChI is InChI=1S/C25H31N5O3/c1-18-26-22-4-3-20(15-23(22)27-18)25(32)30-11-13-33-24-5-2-19(14-21(24)17-30)16-29-8-6-28(7-9-29)10-12-31/h2-5,14-15,31H,6-13,16-17H2,1H3,(H,26,27). The van der Waals surface area contributed by atoms with E-state index in [1.54, 1.807) is 0 Å². The van der Waals surface area contributed by atoms with Gasteiger partial charge in [0, 0.05) is 56.9 Å². The molecule has 3 heterocycles. The minimum Gasteiger partial charge on any atom is -0.491 e. The van der Waals surface area contributed by atoms with Crippen molar-refractivity contribution < 1.29 is 14.6 Å². The second-order valence-corrected chi connectivity index (χ2v) is 8.91. The first-order valence-electron chi connectivity index (χ1n) is 11.6. The molecule has 0 radical (unpaired) electrons. The smallest absolute Gasteiger partial charge is 0.254 e. The number of aliphatic hydroxyl groups excluding tert-OH is 1. The minimum atomic E-state index is 0.00557. The topological polar surface area (TPSA) is 84.9 Å². The molecule has 5 rings (SSSR count). The highest BCUT2D eigenvalue weighted by Gasteiger charge is 2.23. The van der Waals surface area contributed by atoms with Crippen LogP contribution in [0.4, 0.5) is 0 Å². The van der Waals surface area contributed by atoms with Crippen LogP contribution in [0.25, 0.3) is 11.0 Å². The van der Waals surface area contributed by atoms with E-state index in [0.29, 0.717) is 25.3 Å². The lowest BCUT2D eigenvalue weighted by Gasteiger charge is -2.34. The van der Waals surface area contributed by atoms with E-state index in [1.807, 2.05) is 36.1 Å². The normalized spacial score (nSPS) is 17.6. The fraction of sp³-hybridized carbons (Fsp3) is 0.440. The van der Waals surface area contributed by atoms with E-state index in [4.69, 9.17) is 9.84 Å². The number of β-amino-alcohol motifs (C(OH)–C–C–N with tert-alkyl or cyclic N) is 1. The molecule has 33 heavy (non-hydrogen) atoms. The third kappa shape index (κ3) is 4.88. The zero-order valence-electron chi connectivity index (χ0n) is 19.1. The van der Waals surface area contributed by atoms with Crippen LogP contribution in [0.3, 0.4) is 0 Å². The highest BCUT2D eigenvalue weighted by molar-refractivity contribution is 5.97. The van der Waals surface area contributed by atoms with Crippen LogP contribution in [0.15, 0.2) is 36.4 Å². The van der Waals surface area contributed by atoms with Gasteiger partial charge in [-0.3, -0.25) is 14.6 Å². The molecule has 0 saturated carbocycles. The van der Waals surface area contributed by atoms with Gasteiger partial charge in [-0.15, -0.1) is 0 Å². The fourth-order valence-corrected chi connectivity index (χ4v) is 4.74. The monoisotopic (exact) mass is 449 g/mol. The average molecular weight is 450 g/mol. The van der Waals surface area contributed by atoms with Crippen LogP contribution in [0.1, 0.15) is 27.3 Å². The van der Waals surface area contributed by atoms with Crippen LogP contribution in [-0.2, 0) is 13.1 Å². The summed E-state index contributed by atoms with van der Waals surface area (Å²) < 4.78 is 5.97. The van der Waals surface area contributed by atoms with E-state index >= 15 is 0 Å². The van der Waals surface area contributed by atoms with Crippen LogP contribution < -0.4 is 4.74 Å². The number of nitrogens with one attached hydrogen (secondary N) is 1. The molecule has 3 aromatic rings. The predicted molar refractivity (Wildman–Crippen MR) is 126 cm³/mol. The van der Waals surface area contributed by atoms with Crippen molar-refractivity contribution in [3.05, 3.63) is 58.9 Å². The molecule has 8 nitrogen and oxygen atoms in total. The van der Waals surface area contributed by atoms with Crippen LogP contribution in [0.5, 0.6) is 5.75 Å². The van der Waals surface area contributed by atoms with Crippen molar-refractivity contribution in [1.82, 2.24) is 24.7 Å². The molecule has 2 N–H and O–H groups in total.